The fraction of sp³-hybridized carbons (Fsp3) is 0.500. The number of carboxylic acid groups (broad SMARTS) is 1. The highest BCUT2D eigenvalue weighted by atomic mass is 32.1. The number of carboxylic acids is 1. The van der Waals surface area contributed by atoms with E-state index in [-0.39, 0.29) is 18.7 Å². The minimum atomic E-state index is -1.67. The van der Waals surface area contributed by atoms with Crippen LogP contribution in [0.5, 0.6) is 0 Å². The van der Waals surface area contributed by atoms with Gasteiger partial charge in [0.25, 0.3) is 0 Å². The molecule has 5 nitrogen and oxygen atoms in total. The van der Waals surface area contributed by atoms with Gasteiger partial charge in [-0.1, -0.05) is 0 Å². The lowest BCUT2D eigenvalue weighted by Gasteiger charge is -2.35. The number of likely N-dealkylation sites (tertiary alicyclic amines) is 1. The standard InChI is InChI=1S/C12H15NO4S/c14-10(7-9-1-6-18-8-9)13-4-2-12(17,3-5-13)11(15)16/h1,6,8,17H,2-5,7H2,(H,15,16). The molecule has 0 saturated carbocycles. The van der Waals surface area contributed by atoms with Crippen molar-refractivity contribution in [3.63, 3.8) is 0 Å². The Balaban J connectivity index is 1.90. The number of nitrogens with zero attached hydrogens (tertiary/aromatic N) is 1. The van der Waals surface area contributed by atoms with Crippen LogP contribution >= 0.6 is 11.3 Å². The van der Waals surface area contributed by atoms with Gasteiger partial charge in [0.05, 0.1) is 6.42 Å². The summed E-state index contributed by atoms with van der Waals surface area (Å²) < 4.78 is 0. The normalized spacial score (nSPS) is 18.6. The van der Waals surface area contributed by atoms with E-state index in [1.165, 1.54) is 0 Å². The summed E-state index contributed by atoms with van der Waals surface area (Å²) in [5, 5.41) is 22.5. The van der Waals surface area contributed by atoms with Crippen LogP contribution in [-0.2, 0) is 16.0 Å². The molecule has 1 aromatic rings. The summed E-state index contributed by atoms with van der Waals surface area (Å²) >= 11 is 1.54. The Morgan fingerprint density at radius 3 is 2.56 bits per heavy atom. The van der Waals surface area contributed by atoms with Crippen molar-refractivity contribution in [1.29, 1.82) is 0 Å². The summed E-state index contributed by atoms with van der Waals surface area (Å²) in [5.41, 5.74) is -0.692. The minimum absolute atomic E-state index is 0.0131. The molecule has 1 fully saturated rings. The smallest absolute Gasteiger partial charge is 0.335 e. The molecule has 2 heterocycles. The minimum Gasteiger partial charge on any atom is -0.479 e. The molecule has 1 aromatic heterocycles. The van der Waals surface area contributed by atoms with E-state index >= 15 is 0 Å². The molecule has 0 atom stereocenters. The highest BCUT2D eigenvalue weighted by Crippen LogP contribution is 2.23. The highest BCUT2D eigenvalue weighted by molar-refractivity contribution is 7.07. The van der Waals surface area contributed by atoms with Gasteiger partial charge in [0.15, 0.2) is 5.60 Å². The number of aliphatic hydroxyl groups is 1. The van der Waals surface area contributed by atoms with E-state index in [1.807, 2.05) is 16.8 Å². The van der Waals surface area contributed by atoms with Gasteiger partial charge in [-0.3, -0.25) is 4.79 Å². The molecular formula is C12H15NO4S. The fourth-order valence-corrected chi connectivity index (χ4v) is 2.69. The number of aliphatic carboxylic acids is 1. The van der Waals surface area contributed by atoms with Crippen LogP contribution in [0.4, 0.5) is 0 Å². The van der Waals surface area contributed by atoms with Crippen LogP contribution in [0.1, 0.15) is 18.4 Å². The number of piperidine rings is 1. The predicted octanol–water partition coefficient (Wildman–Crippen LogP) is 0.729. The summed E-state index contributed by atoms with van der Waals surface area (Å²) in [6.07, 6.45) is 0.532. The number of rotatable bonds is 3. The van der Waals surface area contributed by atoms with Gasteiger partial charge in [-0.05, 0) is 22.4 Å². The van der Waals surface area contributed by atoms with Gasteiger partial charge in [0.2, 0.25) is 5.91 Å². The summed E-state index contributed by atoms with van der Waals surface area (Å²) in [7, 11) is 0. The number of carbonyl (C=O) groups is 2. The van der Waals surface area contributed by atoms with E-state index in [2.05, 4.69) is 0 Å². The molecule has 0 spiro atoms. The van der Waals surface area contributed by atoms with Crippen molar-refractivity contribution >= 4 is 23.2 Å². The molecule has 98 valence electrons. The summed E-state index contributed by atoms with van der Waals surface area (Å²) in [4.78, 5) is 24.4. The Hall–Kier alpha value is -1.40. The molecule has 1 amide bonds. The third-order valence-corrected chi connectivity index (χ3v) is 4.01. The largest absolute Gasteiger partial charge is 0.479 e. The second-order valence-electron chi connectivity index (χ2n) is 4.53. The Bertz CT molecular complexity index is 435. The fourth-order valence-electron chi connectivity index (χ4n) is 2.02. The van der Waals surface area contributed by atoms with E-state index in [0.29, 0.717) is 19.5 Å². The number of hydrogen-bond donors (Lipinski definition) is 2. The van der Waals surface area contributed by atoms with Gasteiger partial charge in [0.1, 0.15) is 0 Å². The van der Waals surface area contributed by atoms with Crippen LogP contribution in [0.3, 0.4) is 0 Å². The molecule has 0 aliphatic carbocycles. The lowest BCUT2D eigenvalue weighted by atomic mass is 9.91. The van der Waals surface area contributed by atoms with Gasteiger partial charge in [-0.25, -0.2) is 4.79 Å². The van der Waals surface area contributed by atoms with Crippen molar-refractivity contribution in [1.82, 2.24) is 4.90 Å². The first-order chi connectivity index (χ1) is 8.51. The quantitative estimate of drug-likeness (QED) is 0.848. The second kappa shape index (κ2) is 5.07. The second-order valence-corrected chi connectivity index (χ2v) is 5.31. The average molecular weight is 269 g/mol. The maximum absolute atomic E-state index is 11.9. The molecular weight excluding hydrogens is 254 g/mol. The Morgan fingerprint density at radius 1 is 1.39 bits per heavy atom. The van der Waals surface area contributed by atoms with Gasteiger partial charge >= 0.3 is 5.97 Å². The van der Waals surface area contributed by atoms with E-state index in [0.717, 1.165) is 5.56 Å². The third-order valence-electron chi connectivity index (χ3n) is 3.28. The SMILES string of the molecule is O=C(Cc1ccsc1)N1CCC(O)(C(=O)O)CC1. The van der Waals surface area contributed by atoms with Gasteiger partial charge in [-0.2, -0.15) is 11.3 Å². The number of carbonyl (C=O) groups excluding carboxylic acids is 1. The van der Waals surface area contributed by atoms with Crippen molar-refractivity contribution in [3.05, 3.63) is 22.4 Å². The lowest BCUT2D eigenvalue weighted by molar-refractivity contribution is -0.165. The molecule has 0 radical (unpaired) electrons. The van der Waals surface area contributed by atoms with Gasteiger partial charge in [0, 0.05) is 25.9 Å². The van der Waals surface area contributed by atoms with Crippen molar-refractivity contribution < 1.29 is 19.8 Å². The first-order valence-corrected chi connectivity index (χ1v) is 6.70. The van der Waals surface area contributed by atoms with Crippen LogP contribution in [0.25, 0.3) is 0 Å². The molecule has 0 bridgehead atoms. The maximum Gasteiger partial charge on any atom is 0.335 e. The van der Waals surface area contributed by atoms with Crippen molar-refractivity contribution in [2.75, 3.05) is 13.1 Å². The Kier molecular flexibility index (Phi) is 3.68. The van der Waals surface area contributed by atoms with Crippen LogP contribution in [0.15, 0.2) is 16.8 Å². The average Bonchev–Trinajstić information content (AvgIpc) is 2.82. The van der Waals surface area contributed by atoms with Crippen molar-refractivity contribution in [2.24, 2.45) is 0 Å². The van der Waals surface area contributed by atoms with E-state index in [4.69, 9.17) is 5.11 Å². The highest BCUT2D eigenvalue weighted by Gasteiger charge is 2.40. The number of thiophene rings is 1. The molecule has 0 unspecified atom stereocenters. The zero-order valence-electron chi connectivity index (χ0n) is 9.83. The van der Waals surface area contributed by atoms with E-state index in [9.17, 15) is 14.7 Å². The van der Waals surface area contributed by atoms with Crippen LogP contribution in [0.2, 0.25) is 0 Å². The Morgan fingerprint density at radius 2 is 2.06 bits per heavy atom. The molecule has 1 aliphatic heterocycles. The molecule has 0 aromatic carbocycles. The molecule has 6 heteroatoms. The Labute approximate surface area is 109 Å². The lowest BCUT2D eigenvalue weighted by Crippen LogP contribution is -2.51. The zero-order chi connectivity index (χ0) is 13.2. The van der Waals surface area contributed by atoms with Crippen LogP contribution in [-0.4, -0.2) is 45.7 Å². The van der Waals surface area contributed by atoms with Gasteiger partial charge in [-0.15, -0.1) is 0 Å². The first-order valence-electron chi connectivity index (χ1n) is 5.76. The van der Waals surface area contributed by atoms with Gasteiger partial charge < -0.3 is 15.1 Å². The van der Waals surface area contributed by atoms with Crippen LogP contribution in [0, 0.1) is 0 Å². The summed E-state index contributed by atoms with van der Waals surface area (Å²) in [6.45, 7) is 0.595. The van der Waals surface area contributed by atoms with E-state index < -0.39 is 11.6 Å². The summed E-state index contributed by atoms with van der Waals surface area (Å²) in [5.74, 6) is -1.21. The molecule has 2 rings (SSSR count). The molecule has 1 aliphatic rings. The maximum atomic E-state index is 11.9. The van der Waals surface area contributed by atoms with Crippen molar-refractivity contribution in [3.8, 4) is 0 Å². The van der Waals surface area contributed by atoms with E-state index in [1.54, 1.807) is 16.2 Å². The molecule has 2 N–H and O–H groups in total. The summed E-state index contributed by atoms with van der Waals surface area (Å²) in [6, 6.07) is 1.90. The topological polar surface area (TPSA) is 77.8 Å². The van der Waals surface area contributed by atoms with Crippen molar-refractivity contribution in [2.45, 2.75) is 24.9 Å². The third kappa shape index (κ3) is 2.70. The zero-order valence-corrected chi connectivity index (χ0v) is 10.7. The molecule has 18 heavy (non-hydrogen) atoms. The monoisotopic (exact) mass is 269 g/mol. The number of amides is 1. The van der Waals surface area contributed by atoms with Crippen LogP contribution < -0.4 is 0 Å². The predicted molar refractivity (Wildman–Crippen MR) is 66.4 cm³/mol. The molecule has 1 saturated heterocycles. The first kappa shape index (κ1) is 13.0. The number of hydrogen-bond acceptors (Lipinski definition) is 4.